The Hall–Kier alpha value is -1.59. The van der Waals surface area contributed by atoms with Crippen LogP contribution in [-0.4, -0.2) is 20.5 Å². The zero-order valence-electron chi connectivity index (χ0n) is 8.18. The maximum absolute atomic E-state index is 11.9. The molecule has 0 unspecified atom stereocenters. The van der Waals surface area contributed by atoms with Crippen molar-refractivity contribution in [3.05, 3.63) is 18.2 Å². The molecule has 0 aromatic heterocycles. The molecule has 0 saturated carbocycles. The zero-order valence-corrected chi connectivity index (χ0v) is 8.18. The van der Waals surface area contributed by atoms with Crippen LogP contribution < -0.4 is 14.8 Å². The summed E-state index contributed by atoms with van der Waals surface area (Å²) in [4.78, 5) is 0. The fourth-order valence-corrected chi connectivity index (χ4v) is 1.03. The van der Waals surface area contributed by atoms with Crippen LogP contribution in [0.5, 0.6) is 11.5 Å². The molecule has 1 aromatic rings. The van der Waals surface area contributed by atoms with E-state index in [4.69, 9.17) is 4.74 Å². The molecule has 3 nitrogen and oxygen atoms in total. The molecule has 0 atom stereocenters. The van der Waals surface area contributed by atoms with Crippen LogP contribution in [0.4, 0.5) is 18.9 Å². The number of methoxy groups -OCH3 is 1. The van der Waals surface area contributed by atoms with Crippen molar-refractivity contribution >= 4 is 5.69 Å². The van der Waals surface area contributed by atoms with Crippen molar-refractivity contribution in [1.82, 2.24) is 0 Å². The lowest BCUT2D eigenvalue weighted by Gasteiger charge is -2.13. The van der Waals surface area contributed by atoms with Gasteiger partial charge in [-0.2, -0.15) is 0 Å². The Morgan fingerprint density at radius 3 is 2.33 bits per heavy atom. The Morgan fingerprint density at radius 1 is 1.20 bits per heavy atom. The Bertz CT molecular complexity index is 339. The van der Waals surface area contributed by atoms with Crippen molar-refractivity contribution in [2.75, 3.05) is 19.5 Å². The van der Waals surface area contributed by atoms with Crippen LogP contribution in [0, 0.1) is 0 Å². The van der Waals surface area contributed by atoms with E-state index in [9.17, 15) is 13.2 Å². The van der Waals surface area contributed by atoms with E-state index in [1.54, 1.807) is 7.05 Å². The van der Waals surface area contributed by atoms with E-state index < -0.39 is 6.36 Å². The Balaban J connectivity index is 2.97. The minimum Gasteiger partial charge on any atom is -0.493 e. The van der Waals surface area contributed by atoms with Crippen LogP contribution >= 0.6 is 0 Å². The van der Waals surface area contributed by atoms with Gasteiger partial charge in [-0.05, 0) is 12.1 Å². The molecule has 0 aliphatic heterocycles. The average molecular weight is 221 g/mol. The molecule has 0 heterocycles. The monoisotopic (exact) mass is 221 g/mol. The lowest BCUT2D eigenvalue weighted by atomic mass is 10.3. The zero-order chi connectivity index (χ0) is 11.5. The van der Waals surface area contributed by atoms with Gasteiger partial charge in [-0.25, -0.2) is 0 Å². The highest BCUT2D eigenvalue weighted by Crippen LogP contribution is 2.33. The summed E-state index contributed by atoms with van der Waals surface area (Å²) in [5.74, 6) is -0.330. The number of rotatable bonds is 3. The van der Waals surface area contributed by atoms with Gasteiger partial charge in [0.1, 0.15) is 0 Å². The molecule has 0 spiro atoms. The van der Waals surface area contributed by atoms with Gasteiger partial charge < -0.3 is 14.8 Å². The molecule has 6 heteroatoms. The molecule has 1 rings (SSSR count). The van der Waals surface area contributed by atoms with Crippen molar-refractivity contribution in [3.8, 4) is 11.5 Å². The molecule has 15 heavy (non-hydrogen) atoms. The molecule has 0 bridgehead atoms. The van der Waals surface area contributed by atoms with E-state index in [-0.39, 0.29) is 11.5 Å². The molecular weight excluding hydrogens is 211 g/mol. The Kier molecular flexibility index (Phi) is 3.28. The highest BCUT2D eigenvalue weighted by molar-refractivity contribution is 5.54. The first-order valence-corrected chi connectivity index (χ1v) is 4.08. The molecule has 0 aliphatic carbocycles. The third-order valence-corrected chi connectivity index (χ3v) is 1.68. The Labute approximate surface area is 84.8 Å². The van der Waals surface area contributed by atoms with Crippen molar-refractivity contribution < 1.29 is 22.6 Å². The van der Waals surface area contributed by atoms with Gasteiger partial charge in [-0.1, -0.05) is 0 Å². The predicted octanol–water partition coefficient (Wildman–Crippen LogP) is 2.64. The van der Waals surface area contributed by atoms with E-state index in [1.165, 1.54) is 25.3 Å². The van der Waals surface area contributed by atoms with Crippen molar-refractivity contribution in [2.45, 2.75) is 6.36 Å². The summed E-state index contributed by atoms with van der Waals surface area (Å²) in [5.41, 5.74) is 0.640. The summed E-state index contributed by atoms with van der Waals surface area (Å²) in [6, 6.07) is 4.07. The number of halogens is 3. The SMILES string of the molecule is CNc1ccc(OC(F)(F)F)c(OC)c1. The van der Waals surface area contributed by atoms with E-state index >= 15 is 0 Å². The van der Waals surface area contributed by atoms with Crippen LogP contribution in [0.25, 0.3) is 0 Å². The number of hydrogen-bond donors (Lipinski definition) is 1. The summed E-state index contributed by atoms with van der Waals surface area (Å²) in [5, 5.41) is 2.77. The van der Waals surface area contributed by atoms with Gasteiger partial charge in [0.25, 0.3) is 0 Å². The lowest BCUT2D eigenvalue weighted by Crippen LogP contribution is -2.17. The standard InChI is InChI=1S/C9H10F3NO2/c1-13-6-3-4-7(8(5-6)14-2)15-9(10,11)12/h3-5,13H,1-2H3. The molecule has 0 radical (unpaired) electrons. The summed E-state index contributed by atoms with van der Waals surface area (Å²) in [7, 11) is 2.93. The van der Waals surface area contributed by atoms with Crippen molar-refractivity contribution in [1.29, 1.82) is 0 Å². The first-order chi connectivity index (χ1) is 6.96. The van der Waals surface area contributed by atoms with E-state index in [2.05, 4.69) is 10.1 Å². The second-order valence-electron chi connectivity index (χ2n) is 2.66. The van der Waals surface area contributed by atoms with Crippen molar-refractivity contribution in [2.24, 2.45) is 0 Å². The summed E-state index contributed by atoms with van der Waals surface area (Å²) in [6.07, 6.45) is -4.71. The second kappa shape index (κ2) is 4.29. The van der Waals surface area contributed by atoms with E-state index in [0.717, 1.165) is 0 Å². The third-order valence-electron chi connectivity index (χ3n) is 1.68. The number of alkyl halides is 3. The first-order valence-electron chi connectivity index (χ1n) is 4.08. The number of benzene rings is 1. The van der Waals surface area contributed by atoms with Crippen LogP contribution in [-0.2, 0) is 0 Å². The molecule has 0 saturated heterocycles. The maximum Gasteiger partial charge on any atom is 0.573 e. The highest BCUT2D eigenvalue weighted by Gasteiger charge is 2.32. The maximum atomic E-state index is 11.9. The van der Waals surface area contributed by atoms with Crippen LogP contribution in [0.15, 0.2) is 18.2 Å². The largest absolute Gasteiger partial charge is 0.573 e. The molecule has 1 N–H and O–H groups in total. The normalized spacial score (nSPS) is 11.0. The van der Waals surface area contributed by atoms with E-state index in [0.29, 0.717) is 5.69 Å². The lowest BCUT2D eigenvalue weighted by molar-refractivity contribution is -0.275. The third kappa shape index (κ3) is 3.23. The minimum atomic E-state index is -4.71. The number of hydrogen-bond acceptors (Lipinski definition) is 3. The highest BCUT2D eigenvalue weighted by atomic mass is 19.4. The van der Waals surface area contributed by atoms with E-state index in [1.807, 2.05) is 0 Å². The molecule has 84 valence electrons. The summed E-state index contributed by atoms with van der Waals surface area (Å²) < 4.78 is 44.4. The minimum absolute atomic E-state index is 0.0270. The van der Waals surface area contributed by atoms with Gasteiger partial charge in [-0.3, -0.25) is 0 Å². The summed E-state index contributed by atoms with van der Waals surface area (Å²) >= 11 is 0. The van der Waals surface area contributed by atoms with Crippen molar-refractivity contribution in [3.63, 3.8) is 0 Å². The predicted molar refractivity (Wildman–Crippen MR) is 49.2 cm³/mol. The van der Waals surface area contributed by atoms with Gasteiger partial charge in [-0.15, -0.1) is 13.2 Å². The first kappa shape index (κ1) is 11.5. The number of nitrogens with one attached hydrogen (secondary N) is 1. The fraction of sp³-hybridized carbons (Fsp3) is 0.333. The van der Waals surface area contributed by atoms with Crippen LogP contribution in [0.1, 0.15) is 0 Å². The van der Waals surface area contributed by atoms with Gasteiger partial charge in [0.15, 0.2) is 11.5 Å². The Morgan fingerprint density at radius 2 is 1.87 bits per heavy atom. The van der Waals surface area contributed by atoms with Gasteiger partial charge >= 0.3 is 6.36 Å². The topological polar surface area (TPSA) is 30.5 Å². The molecular formula is C9H10F3NO2. The van der Waals surface area contributed by atoms with Gasteiger partial charge in [0.05, 0.1) is 7.11 Å². The fourth-order valence-electron chi connectivity index (χ4n) is 1.03. The average Bonchev–Trinajstić information content (AvgIpc) is 2.16. The second-order valence-corrected chi connectivity index (χ2v) is 2.66. The number of ether oxygens (including phenoxy) is 2. The molecule has 0 aliphatic rings. The number of anilines is 1. The smallest absolute Gasteiger partial charge is 0.493 e. The quantitative estimate of drug-likeness (QED) is 0.851. The van der Waals surface area contributed by atoms with Gasteiger partial charge in [0.2, 0.25) is 0 Å². The van der Waals surface area contributed by atoms with Gasteiger partial charge in [0, 0.05) is 18.8 Å². The van der Waals surface area contributed by atoms with Crippen LogP contribution in [0.3, 0.4) is 0 Å². The molecule has 1 aromatic carbocycles. The molecule has 0 amide bonds. The summed E-state index contributed by atoms with van der Waals surface area (Å²) in [6.45, 7) is 0. The molecule has 0 fully saturated rings. The van der Waals surface area contributed by atoms with Crippen LogP contribution in [0.2, 0.25) is 0 Å².